The molecule has 1 atom stereocenters. The molecular formula is C18H20FNO3. The lowest BCUT2D eigenvalue weighted by atomic mass is 9.77. The minimum absolute atomic E-state index is 0.144. The van der Waals surface area contributed by atoms with Crippen molar-refractivity contribution in [3.8, 4) is 0 Å². The van der Waals surface area contributed by atoms with E-state index in [9.17, 15) is 9.18 Å². The smallest absolute Gasteiger partial charge is 0.293 e. The summed E-state index contributed by atoms with van der Waals surface area (Å²) in [7, 11) is 0. The Hall–Kier alpha value is -1.46. The molecule has 2 spiro atoms. The Bertz CT molecular complexity index is 704. The largest absolute Gasteiger partial charge is 0.336 e. The molecule has 5 heteroatoms. The number of carbonyl (C=O) groups excluding carboxylic acids is 1. The Morgan fingerprint density at radius 2 is 1.91 bits per heavy atom. The van der Waals surface area contributed by atoms with Crippen LogP contribution in [0.5, 0.6) is 0 Å². The monoisotopic (exact) mass is 317 g/mol. The van der Waals surface area contributed by atoms with Crippen LogP contribution in [-0.2, 0) is 20.1 Å². The molecule has 2 fully saturated rings. The van der Waals surface area contributed by atoms with Gasteiger partial charge in [-0.05, 0) is 42.9 Å². The molecule has 1 unspecified atom stereocenters. The molecule has 0 N–H and O–H groups in total. The topological polar surface area (TPSA) is 38.8 Å². The number of amides is 1. The van der Waals surface area contributed by atoms with Crippen LogP contribution in [0, 0.1) is 5.82 Å². The molecule has 0 aromatic heterocycles. The van der Waals surface area contributed by atoms with Gasteiger partial charge in [0.25, 0.3) is 11.7 Å². The SMILES string of the molecule is CC1CC2(CCCC2)N2C(=O)C3(OCCO3)c3cc(F)cc1c32. The first kappa shape index (κ1) is 13.9. The molecule has 1 aromatic rings. The van der Waals surface area contributed by atoms with E-state index in [2.05, 4.69) is 6.92 Å². The van der Waals surface area contributed by atoms with Gasteiger partial charge in [-0.25, -0.2) is 4.39 Å². The number of anilines is 1. The summed E-state index contributed by atoms with van der Waals surface area (Å²) in [6.45, 7) is 2.87. The molecule has 1 saturated heterocycles. The van der Waals surface area contributed by atoms with Gasteiger partial charge in [0.1, 0.15) is 5.82 Å². The Morgan fingerprint density at radius 3 is 2.61 bits per heavy atom. The van der Waals surface area contributed by atoms with Crippen molar-refractivity contribution >= 4 is 11.6 Å². The number of ether oxygens (including phenoxy) is 2. The third kappa shape index (κ3) is 1.55. The number of carbonyl (C=O) groups is 1. The van der Waals surface area contributed by atoms with Gasteiger partial charge in [-0.3, -0.25) is 4.79 Å². The van der Waals surface area contributed by atoms with Gasteiger partial charge in [0, 0.05) is 11.1 Å². The quantitative estimate of drug-likeness (QED) is 0.737. The van der Waals surface area contributed by atoms with Crippen LogP contribution in [0.2, 0.25) is 0 Å². The van der Waals surface area contributed by atoms with E-state index < -0.39 is 5.79 Å². The summed E-state index contributed by atoms with van der Waals surface area (Å²) < 4.78 is 25.8. The molecule has 23 heavy (non-hydrogen) atoms. The Morgan fingerprint density at radius 1 is 1.22 bits per heavy atom. The summed E-state index contributed by atoms with van der Waals surface area (Å²) in [5.74, 6) is -1.64. The zero-order chi connectivity index (χ0) is 15.8. The van der Waals surface area contributed by atoms with Crippen molar-refractivity contribution in [2.24, 2.45) is 0 Å². The normalized spacial score (nSPS) is 29.7. The second-order valence-corrected chi connectivity index (χ2v) is 7.38. The maximum absolute atomic E-state index is 14.2. The fourth-order valence-corrected chi connectivity index (χ4v) is 5.24. The lowest BCUT2D eigenvalue weighted by Gasteiger charge is -2.46. The number of hydrogen-bond acceptors (Lipinski definition) is 3. The molecular weight excluding hydrogens is 297 g/mol. The maximum Gasteiger partial charge on any atom is 0.293 e. The minimum atomic E-state index is -1.41. The number of halogens is 1. The lowest BCUT2D eigenvalue weighted by Crippen LogP contribution is -2.55. The molecule has 1 amide bonds. The Balaban J connectivity index is 1.80. The lowest BCUT2D eigenvalue weighted by molar-refractivity contribution is -0.181. The molecule has 4 aliphatic rings. The summed E-state index contributed by atoms with van der Waals surface area (Å²) in [5.41, 5.74) is 2.21. The number of fused-ring (bicyclic) bond motifs is 2. The van der Waals surface area contributed by atoms with Crippen LogP contribution >= 0.6 is 0 Å². The second-order valence-electron chi connectivity index (χ2n) is 7.38. The second kappa shape index (κ2) is 4.33. The highest BCUT2D eigenvalue weighted by Gasteiger charge is 2.63. The summed E-state index contributed by atoms with van der Waals surface area (Å²) in [6.07, 6.45) is 5.18. The number of rotatable bonds is 0. The number of benzene rings is 1. The number of nitrogens with zero attached hydrogens (tertiary/aromatic N) is 1. The van der Waals surface area contributed by atoms with Crippen LogP contribution in [0.1, 0.15) is 56.1 Å². The first-order chi connectivity index (χ1) is 11.1. The van der Waals surface area contributed by atoms with Crippen molar-refractivity contribution in [1.29, 1.82) is 0 Å². The first-order valence-electron chi connectivity index (χ1n) is 8.54. The molecule has 0 radical (unpaired) electrons. The van der Waals surface area contributed by atoms with E-state index in [-0.39, 0.29) is 23.2 Å². The van der Waals surface area contributed by atoms with Crippen LogP contribution < -0.4 is 4.90 Å². The van der Waals surface area contributed by atoms with Crippen molar-refractivity contribution in [1.82, 2.24) is 0 Å². The van der Waals surface area contributed by atoms with Gasteiger partial charge in [0.15, 0.2) is 0 Å². The zero-order valence-corrected chi connectivity index (χ0v) is 13.2. The molecule has 1 saturated carbocycles. The molecule has 0 bridgehead atoms. The molecule has 3 aliphatic heterocycles. The van der Waals surface area contributed by atoms with E-state index in [1.165, 1.54) is 6.07 Å². The van der Waals surface area contributed by atoms with Gasteiger partial charge in [0.2, 0.25) is 0 Å². The van der Waals surface area contributed by atoms with Crippen molar-refractivity contribution in [3.05, 3.63) is 29.1 Å². The summed E-state index contributed by atoms with van der Waals surface area (Å²) in [6, 6.07) is 3.02. The maximum atomic E-state index is 14.2. The van der Waals surface area contributed by atoms with Crippen LogP contribution in [0.4, 0.5) is 10.1 Å². The van der Waals surface area contributed by atoms with Gasteiger partial charge in [-0.15, -0.1) is 0 Å². The minimum Gasteiger partial charge on any atom is -0.336 e. The Labute approximate surface area is 134 Å². The van der Waals surface area contributed by atoms with E-state index in [0.717, 1.165) is 43.4 Å². The van der Waals surface area contributed by atoms with E-state index in [1.807, 2.05) is 4.90 Å². The Kier molecular flexibility index (Phi) is 2.63. The van der Waals surface area contributed by atoms with Crippen molar-refractivity contribution < 1.29 is 18.7 Å². The molecule has 4 nitrogen and oxygen atoms in total. The van der Waals surface area contributed by atoms with E-state index in [0.29, 0.717) is 18.8 Å². The number of hydrogen-bond donors (Lipinski definition) is 0. The predicted octanol–water partition coefficient (Wildman–Crippen LogP) is 3.19. The van der Waals surface area contributed by atoms with Crippen LogP contribution in [-0.4, -0.2) is 24.7 Å². The van der Waals surface area contributed by atoms with E-state index >= 15 is 0 Å². The van der Waals surface area contributed by atoms with Crippen LogP contribution in [0.15, 0.2) is 12.1 Å². The van der Waals surface area contributed by atoms with Crippen LogP contribution in [0.3, 0.4) is 0 Å². The fraction of sp³-hybridized carbons (Fsp3) is 0.611. The van der Waals surface area contributed by atoms with Crippen molar-refractivity contribution in [2.75, 3.05) is 18.1 Å². The molecule has 1 aromatic carbocycles. The van der Waals surface area contributed by atoms with Crippen LogP contribution in [0.25, 0.3) is 0 Å². The molecule has 5 rings (SSSR count). The third-order valence-electron chi connectivity index (χ3n) is 6.09. The van der Waals surface area contributed by atoms with Gasteiger partial charge in [0.05, 0.1) is 18.9 Å². The first-order valence-corrected chi connectivity index (χ1v) is 8.54. The third-order valence-corrected chi connectivity index (χ3v) is 6.09. The average molecular weight is 317 g/mol. The fourth-order valence-electron chi connectivity index (χ4n) is 5.24. The highest BCUT2D eigenvalue weighted by Crippen LogP contribution is 2.59. The molecule has 3 heterocycles. The van der Waals surface area contributed by atoms with Gasteiger partial charge in [-0.1, -0.05) is 19.8 Å². The van der Waals surface area contributed by atoms with Crippen molar-refractivity contribution in [3.63, 3.8) is 0 Å². The van der Waals surface area contributed by atoms with Gasteiger partial charge >= 0.3 is 0 Å². The average Bonchev–Trinajstić information content (AvgIpc) is 3.22. The summed E-state index contributed by atoms with van der Waals surface area (Å²) >= 11 is 0. The van der Waals surface area contributed by atoms with Crippen molar-refractivity contribution in [2.45, 2.75) is 56.3 Å². The van der Waals surface area contributed by atoms with E-state index in [1.54, 1.807) is 6.07 Å². The predicted molar refractivity (Wildman–Crippen MR) is 81.7 cm³/mol. The van der Waals surface area contributed by atoms with Gasteiger partial charge in [-0.2, -0.15) is 0 Å². The highest BCUT2D eigenvalue weighted by atomic mass is 19.1. The summed E-state index contributed by atoms with van der Waals surface area (Å²) in [4.78, 5) is 15.3. The molecule has 122 valence electrons. The highest BCUT2D eigenvalue weighted by molar-refractivity contribution is 6.08. The molecule has 1 aliphatic carbocycles. The van der Waals surface area contributed by atoms with Gasteiger partial charge < -0.3 is 14.4 Å². The zero-order valence-electron chi connectivity index (χ0n) is 13.2. The standard InChI is InChI=1S/C18H20FNO3/c1-11-10-17(4-2-3-5-17)20-15-13(11)8-12(19)9-14(15)18(16(20)21)22-6-7-23-18/h8-9,11H,2-7,10H2,1H3. The summed E-state index contributed by atoms with van der Waals surface area (Å²) in [5, 5.41) is 0. The van der Waals surface area contributed by atoms with E-state index in [4.69, 9.17) is 9.47 Å².